The summed E-state index contributed by atoms with van der Waals surface area (Å²) in [6, 6.07) is 11.5. The van der Waals surface area contributed by atoms with Gasteiger partial charge in [-0.2, -0.15) is 5.21 Å². The number of hydrogen-bond donors (Lipinski definition) is 3. The minimum Gasteiger partial charge on any atom is -0.337 e. The summed E-state index contributed by atoms with van der Waals surface area (Å²) in [4.78, 5) is 12.4. The van der Waals surface area contributed by atoms with Gasteiger partial charge in [0.05, 0.1) is 0 Å². The number of anilines is 3. The van der Waals surface area contributed by atoms with Crippen molar-refractivity contribution in [1.29, 1.82) is 0 Å². The SMILES string of the molecule is Cc1ccc(NC(=O)c2n[nH]nc2Nc2cccc(F)c2)cc1C. The summed E-state index contributed by atoms with van der Waals surface area (Å²) in [5.41, 5.74) is 3.46. The van der Waals surface area contributed by atoms with E-state index in [9.17, 15) is 9.18 Å². The molecule has 0 fully saturated rings. The fourth-order valence-electron chi connectivity index (χ4n) is 2.19. The van der Waals surface area contributed by atoms with Gasteiger partial charge in [-0.05, 0) is 55.3 Å². The van der Waals surface area contributed by atoms with Crippen LogP contribution in [0.4, 0.5) is 21.6 Å². The van der Waals surface area contributed by atoms with E-state index in [0.717, 1.165) is 11.1 Å². The average molecular weight is 325 g/mol. The summed E-state index contributed by atoms with van der Waals surface area (Å²) in [5, 5.41) is 15.8. The number of carbonyl (C=O) groups excluding carboxylic acids is 1. The average Bonchev–Trinajstić information content (AvgIpc) is 2.99. The predicted octanol–water partition coefficient (Wildman–Crippen LogP) is 3.56. The highest BCUT2D eigenvalue weighted by Crippen LogP contribution is 2.20. The van der Waals surface area contributed by atoms with Crippen molar-refractivity contribution in [1.82, 2.24) is 15.4 Å². The fraction of sp³-hybridized carbons (Fsp3) is 0.118. The molecule has 1 heterocycles. The number of benzene rings is 2. The second kappa shape index (κ2) is 6.49. The molecule has 122 valence electrons. The highest BCUT2D eigenvalue weighted by Gasteiger charge is 2.17. The van der Waals surface area contributed by atoms with E-state index in [4.69, 9.17) is 0 Å². The van der Waals surface area contributed by atoms with E-state index in [1.54, 1.807) is 12.1 Å². The maximum atomic E-state index is 13.2. The van der Waals surface area contributed by atoms with Crippen LogP contribution in [0, 0.1) is 19.7 Å². The van der Waals surface area contributed by atoms with Gasteiger partial charge in [0.1, 0.15) is 5.82 Å². The highest BCUT2D eigenvalue weighted by atomic mass is 19.1. The third-order valence-electron chi connectivity index (χ3n) is 3.62. The van der Waals surface area contributed by atoms with E-state index < -0.39 is 5.91 Å². The molecule has 0 atom stereocenters. The van der Waals surface area contributed by atoms with Gasteiger partial charge in [0.15, 0.2) is 11.5 Å². The van der Waals surface area contributed by atoms with Gasteiger partial charge >= 0.3 is 0 Å². The number of nitrogens with one attached hydrogen (secondary N) is 3. The van der Waals surface area contributed by atoms with Crippen LogP contribution in [0.15, 0.2) is 42.5 Å². The van der Waals surface area contributed by atoms with Gasteiger partial charge in [0, 0.05) is 11.4 Å². The van der Waals surface area contributed by atoms with E-state index in [-0.39, 0.29) is 17.3 Å². The quantitative estimate of drug-likeness (QED) is 0.685. The minimum absolute atomic E-state index is 0.0949. The van der Waals surface area contributed by atoms with Crippen molar-refractivity contribution in [2.75, 3.05) is 10.6 Å². The number of carbonyl (C=O) groups is 1. The first-order valence-corrected chi connectivity index (χ1v) is 7.35. The largest absolute Gasteiger partial charge is 0.337 e. The standard InChI is InChI=1S/C17H16FN5O/c1-10-6-7-14(8-11(10)2)20-17(24)15-16(22-23-21-15)19-13-5-3-4-12(18)9-13/h3-9H,1-2H3,(H,20,24)(H2,19,21,22,23). The smallest absolute Gasteiger partial charge is 0.280 e. The Hall–Kier alpha value is -3.22. The van der Waals surface area contributed by atoms with Crippen LogP contribution in [0.2, 0.25) is 0 Å². The normalized spacial score (nSPS) is 10.5. The lowest BCUT2D eigenvalue weighted by molar-refractivity contribution is 0.102. The summed E-state index contributed by atoms with van der Waals surface area (Å²) < 4.78 is 13.2. The predicted molar refractivity (Wildman–Crippen MR) is 89.9 cm³/mol. The van der Waals surface area contributed by atoms with E-state index >= 15 is 0 Å². The second-order valence-electron chi connectivity index (χ2n) is 5.41. The van der Waals surface area contributed by atoms with Crippen LogP contribution in [0.1, 0.15) is 21.6 Å². The van der Waals surface area contributed by atoms with Gasteiger partial charge in [-0.1, -0.05) is 12.1 Å². The highest BCUT2D eigenvalue weighted by molar-refractivity contribution is 6.06. The number of halogens is 1. The van der Waals surface area contributed by atoms with Crippen molar-refractivity contribution in [2.45, 2.75) is 13.8 Å². The van der Waals surface area contributed by atoms with Crippen LogP contribution in [-0.2, 0) is 0 Å². The Morgan fingerprint density at radius 3 is 2.62 bits per heavy atom. The molecule has 7 heteroatoms. The Balaban J connectivity index is 1.78. The summed E-state index contributed by atoms with van der Waals surface area (Å²) in [5.74, 6) is -0.572. The number of H-pyrrole nitrogens is 1. The second-order valence-corrected chi connectivity index (χ2v) is 5.41. The first kappa shape index (κ1) is 15.7. The first-order chi connectivity index (χ1) is 11.5. The number of rotatable bonds is 4. The van der Waals surface area contributed by atoms with Crippen molar-refractivity contribution in [2.24, 2.45) is 0 Å². The zero-order chi connectivity index (χ0) is 17.1. The zero-order valence-corrected chi connectivity index (χ0v) is 13.2. The molecule has 0 aliphatic carbocycles. The third-order valence-corrected chi connectivity index (χ3v) is 3.62. The van der Waals surface area contributed by atoms with E-state index in [0.29, 0.717) is 11.4 Å². The Morgan fingerprint density at radius 2 is 1.88 bits per heavy atom. The Labute approximate surface area is 138 Å². The van der Waals surface area contributed by atoms with E-state index in [2.05, 4.69) is 26.0 Å². The molecule has 0 unspecified atom stereocenters. The van der Waals surface area contributed by atoms with Gasteiger partial charge in [0.2, 0.25) is 0 Å². The van der Waals surface area contributed by atoms with Crippen LogP contribution in [0.3, 0.4) is 0 Å². The van der Waals surface area contributed by atoms with Gasteiger partial charge in [-0.25, -0.2) is 4.39 Å². The molecule has 0 saturated carbocycles. The molecule has 3 aromatic rings. The van der Waals surface area contributed by atoms with Crippen LogP contribution >= 0.6 is 0 Å². The van der Waals surface area contributed by atoms with Crippen LogP contribution in [-0.4, -0.2) is 21.3 Å². The molecule has 24 heavy (non-hydrogen) atoms. The fourth-order valence-corrected chi connectivity index (χ4v) is 2.19. The lowest BCUT2D eigenvalue weighted by atomic mass is 10.1. The molecule has 0 aliphatic heterocycles. The number of aromatic amines is 1. The molecule has 1 amide bonds. The van der Waals surface area contributed by atoms with Crippen molar-refractivity contribution < 1.29 is 9.18 Å². The maximum Gasteiger partial charge on any atom is 0.280 e. The Bertz CT molecular complexity index is 890. The Kier molecular flexibility index (Phi) is 4.24. The minimum atomic E-state index is -0.411. The number of hydrogen-bond acceptors (Lipinski definition) is 4. The molecule has 0 bridgehead atoms. The number of aryl methyl sites for hydroxylation is 2. The Morgan fingerprint density at radius 1 is 1.04 bits per heavy atom. The molecular formula is C17H16FN5O. The number of nitrogens with zero attached hydrogens (tertiary/aromatic N) is 2. The molecule has 3 N–H and O–H groups in total. The van der Waals surface area contributed by atoms with E-state index in [1.165, 1.54) is 12.1 Å². The zero-order valence-electron chi connectivity index (χ0n) is 13.2. The molecule has 6 nitrogen and oxygen atoms in total. The molecule has 0 spiro atoms. The monoisotopic (exact) mass is 325 g/mol. The van der Waals surface area contributed by atoms with E-state index in [1.807, 2.05) is 32.0 Å². The van der Waals surface area contributed by atoms with Crippen molar-refractivity contribution in [3.63, 3.8) is 0 Å². The maximum absolute atomic E-state index is 13.2. The molecule has 0 aliphatic rings. The van der Waals surface area contributed by atoms with Crippen LogP contribution < -0.4 is 10.6 Å². The van der Waals surface area contributed by atoms with Gasteiger partial charge in [-0.3, -0.25) is 4.79 Å². The van der Waals surface area contributed by atoms with Crippen molar-refractivity contribution >= 4 is 23.1 Å². The number of aromatic nitrogens is 3. The third kappa shape index (κ3) is 3.40. The number of amides is 1. The van der Waals surface area contributed by atoms with Crippen molar-refractivity contribution in [3.8, 4) is 0 Å². The van der Waals surface area contributed by atoms with Crippen LogP contribution in [0.5, 0.6) is 0 Å². The van der Waals surface area contributed by atoms with Gasteiger partial charge in [0.25, 0.3) is 5.91 Å². The van der Waals surface area contributed by atoms with Crippen LogP contribution in [0.25, 0.3) is 0 Å². The lowest BCUT2D eigenvalue weighted by Crippen LogP contribution is -2.14. The molecular weight excluding hydrogens is 309 g/mol. The lowest BCUT2D eigenvalue weighted by Gasteiger charge is -2.08. The molecule has 0 radical (unpaired) electrons. The molecule has 3 rings (SSSR count). The summed E-state index contributed by atoms with van der Waals surface area (Å²) in [6.45, 7) is 3.97. The van der Waals surface area contributed by atoms with Gasteiger partial charge in [-0.15, -0.1) is 10.2 Å². The topological polar surface area (TPSA) is 82.7 Å². The van der Waals surface area contributed by atoms with Gasteiger partial charge < -0.3 is 10.6 Å². The molecule has 0 saturated heterocycles. The first-order valence-electron chi connectivity index (χ1n) is 7.35. The van der Waals surface area contributed by atoms with Crippen molar-refractivity contribution in [3.05, 3.63) is 65.1 Å². The summed E-state index contributed by atoms with van der Waals surface area (Å²) in [7, 11) is 0. The summed E-state index contributed by atoms with van der Waals surface area (Å²) in [6.07, 6.45) is 0. The molecule has 1 aromatic heterocycles. The summed E-state index contributed by atoms with van der Waals surface area (Å²) >= 11 is 0. The molecule has 2 aromatic carbocycles.